The van der Waals surface area contributed by atoms with Gasteiger partial charge in [-0.25, -0.2) is 0 Å². The van der Waals surface area contributed by atoms with Gasteiger partial charge in [0.15, 0.2) is 11.5 Å². The van der Waals surface area contributed by atoms with Crippen molar-refractivity contribution in [2.45, 2.75) is 0 Å². The van der Waals surface area contributed by atoms with E-state index in [2.05, 4.69) is 15.9 Å². The molecule has 0 radical (unpaired) electrons. The molecule has 0 unspecified atom stereocenters. The highest BCUT2D eigenvalue weighted by Gasteiger charge is 2.13. The second-order valence-electron chi connectivity index (χ2n) is 2.77. The SMILES string of the molecule is COC=C(Br)c1ccc2c(c1)OCO2. The van der Waals surface area contributed by atoms with Crippen LogP contribution < -0.4 is 9.47 Å². The zero-order chi connectivity index (χ0) is 9.97. The van der Waals surface area contributed by atoms with Gasteiger partial charge in [0.05, 0.1) is 17.9 Å². The summed E-state index contributed by atoms with van der Waals surface area (Å²) >= 11 is 3.39. The lowest BCUT2D eigenvalue weighted by Crippen LogP contribution is -1.92. The summed E-state index contributed by atoms with van der Waals surface area (Å²) in [6.07, 6.45) is 1.62. The van der Waals surface area contributed by atoms with Crippen LogP contribution in [0.15, 0.2) is 24.5 Å². The molecule has 1 heterocycles. The second-order valence-corrected chi connectivity index (χ2v) is 3.62. The summed E-state index contributed by atoms with van der Waals surface area (Å²) in [7, 11) is 1.61. The van der Waals surface area contributed by atoms with Gasteiger partial charge in [-0.3, -0.25) is 0 Å². The molecule has 0 saturated carbocycles. The molecular formula is C10H9BrO3. The fraction of sp³-hybridized carbons (Fsp3) is 0.200. The van der Waals surface area contributed by atoms with E-state index in [4.69, 9.17) is 14.2 Å². The van der Waals surface area contributed by atoms with Crippen LogP contribution in [-0.2, 0) is 4.74 Å². The average Bonchev–Trinajstić information content (AvgIpc) is 2.64. The molecule has 1 aliphatic heterocycles. The Bertz CT molecular complexity index is 374. The maximum Gasteiger partial charge on any atom is 0.231 e. The van der Waals surface area contributed by atoms with Crippen LogP contribution in [0.25, 0.3) is 4.48 Å². The molecule has 2 rings (SSSR count). The number of benzene rings is 1. The molecule has 0 spiro atoms. The Hall–Kier alpha value is -1.16. The Morgan fingerprint density at radius 3 is 3.00 bits per heavy atom. The normalized spacial score (nSPS) is 14.3. The largest absolute Gasteiger partial charge is 0.503 e. The first-order chi connectivity index (χ1) is 6.81. The van der Waals surface area contributed by atoms with Crippen LogP contribution in [0.5, 0.6) is 11.5 Å². The number of rotatable bonds is 2. The van der Waals surface area contributed by atoms with Crippen molar-refractivity contribution < 1.29 is 14.2 Å². The fourth-order valence-corrected chi connectivity index (χ4v) is 1.65. The van der Waals surface area contributed by atoms with E-state index in [9.17, 15) is 0 Å². The standard InChI is InChI=1S/C10H9BrO3/c1-12-5-8(11)7-2-3-9-10(4-7)14-6-13-9/h2-5H,6H2,1H3. The topological polar surface area (TPSA) is 27.7 Å². The highest BCUT2D eigenvalue weighted by atomic mass is 79.9. The van der Waals surface area contributed by atoms with Gasteiger partial charge in [0.1, 0.15) is 0 Å². The second kappa shape index (κ2) is 3.92. The maximum absolute atomic E-state index is 5.26. The molecule has 0 atom stereocenters. The fourth-order valence-electron chi connectivity index (χ4n) is 1.22. The molecule has 1 aromatic rings. The molecule has 0 N–H and O–H groups in total. The van der Waals surface area contributed by atoms with Crippen LogP contribution in [0.4, 0.5) is 0 Å². The van der Waals surface area contributed by atoms with E-state index in [1.807, 2.05) is 18.2 Å². The predicted octanol–water partition coefficient (Wildman–Crippen LogP) is 2.76. The Balaban J connectivity index is 2.33. The van der Waals surface area contributed by atoms with Crippen LogP contribution in [0.1, 0.15) is 5.56 Å². The van der Waals surface area contributed by atoms with Gasteiger partial charge in [-0.2, -0.15) is 0 Å². The third-order valence-corrected chi connectivity index (χ3v) is 2.51. The smallest absolute Gasteiger partial charge is 0.231 e. The minimum absolute atomic E-state index is 0.296. The lowest BCUT2D eigenvalue weighted by molar-refractivity contribution is 0.174. The molecule has 0 bridgehead atoms. The van der Waals surface area contributed by atoms with Crippen molar-refractivity contribution >= 4 is 20.4 Å². The van der Waals surface area contributed by atoms with E-state index < -0.39 is 0 Å². The number of hydrogen-bond acceptors (Lipinski definition) is 3. The average molecular weight is 257 g/mol. The Kier molecular flexibility index (Phi) is 2.63. The Labute approximate surface area is 90.4 Å². The van der Waals surface area contributed by atoms with Crippen LogP contribution in [0.3, 0.4) is 0 Å². The maximum atomic E-state index is 5.26. The molecule has 14 heavy (non-hydrogen) atoms. The molecule has 4 heteroatoms. The summed E-state index contributed by atoms with van der Waals surface area (Å²) in [5, 5.41) is 0. The van der Waals surface area contributed by atoms with Crippen molar-refractivity contribution in [2.24, 2.45) is 0 Å². The van der Waals surface area contributed by atoms with Gasteiger partial charge in [0, 0.05) is 0 Å². The van der Waals surface area contributed by atoms with E-state index in [1.54, 1.807) is 13.4 Å². The monoisotopic (exact) mass is 256 g/mol. The number of methoxy groups -OCH3 is 1. The lowest BCUT2D eigenvalue weighted by atomic mass is 10.2. The van der Waals surface area contributed by atoms with Crippen LogP contribution in [-0.4, -0.2) is 13.9 Å². The van der Waals surface area contributed by atoms with Gasteiger partial charge in [0.2, 0.25) is 6.79 Å². The minimum Gasteiger partial charge on any atom is -0.503 e. The summed E-state index contributed by atoms with van der Waals surface area (Å²) in [6.45, 7) is 0.296. The predicted molar refractivity (Wildman–Crippen MR) is 56.5 cm³/mol. The van der Waals surface area contributed by atoms with Gasteiger partial charge < -0.3 is 14.2 Å². The first-order valence-electron chi connectivity index (χ1n) is 4.10. The number of halogens is 1. The van der Waals surface area contributed by atoms with Crippen molar-refractivity contribution in [3.8, 4) is 11.5 Å². The van der Waals surface area contributed by atoms with E-state index in [1.165, 1.54) is 0 Å². The molecule has 0 aromatic heterocycles. The Morgan fingerprint density at radius 1 is 1.43 bits per heavy atom. The molecule has 1 aromatic carbocycles. The van der Waals surface area contributed by atoms with Crippen molar-refractivity contribution in [3.05, 3.63) is 30.0 Å². The molecule has 3 nitrogen and oxygen atoms in total. The van der Waals surface area contributed by atoms with Crippen molar-refractivity contribution in [2.75, 3.05) is 13.9 Å². The molecular weight excluding hydrogens is 248 g/mol. The van der Waals surface area contributed by atoms with Crippen LogP contribution in [0, 0.1) is 0 Å². The van der Waals surface area contributed by atoms with Crippen LogP contribution >= 0.6 is 15.9 Å². The summed E-state index contributed by atoms with van der Waals surface area (Å²) < 4.78 is 16.2. The van der Waals surface area contributed by atoms with E-state index in [0.717, 1.165) is 21.5 Å². The summed E-state index contributed by atoms with van der Waals surface area (Å²) in [6, 6.07) is 5.72. The zero-order valence-electron chi connectivity index (χ0n) is 7.62. The molecule has 0 saturated heterocycles. The molecule has 0 amide bonds. The van der Waals surface area contributed by atoms with E-state index >= 15 is 0 Å². The van der Waals surface area contributed by atoms with Gasteiger partial charge in [0.25, 0.3) is 0 Å². The van der Waals surface area contributed by atoms with Gasteiger partial charge >= 0.3 is 0 Å². The van der Waals surface area contributed by atoms with E-state index in [-0.39, 0.29) is 0 Å². The Morgan fingerprint density at radius 2 is 2.21 bits per heavy atom. The van der Waals surface area contributed by atoms with Gasteiger partial charge in [-0.15, -0.1) is 0 Å². The third kappa shape index (κ3) is 1.70. The highest BCUT2D eigenvalue weighted by Crippen LogP contribution is 2.35. The number of fused-ring (bicyclic) bond motifs is 1. The first kappa shape index (κ1) is 9.40. The van der Waals surface area contributed by atoms with Gasteiger partial charge in [-0.1, -0.05) is 0 Å². The quantitative estimate of drug-likeness (QED) is 0.762. The van der Waals surface area contributed by atoms with E-state index in [0.29, 0.717) is 6.79 Å². The number of ether oxygens (including phenoxy) is 3. The molecule has 0 aliphatic carbocycles. The first-order valence-corrected chi connectivity index (χ1v) is 4.89. The summed E-state index contributed by atoms with van der Waals surface area (Å²) in [4.78, 5) is 0. The van der Waals surface area contributed by atoms with Crippen molar-refractivity contribution in [1.29, 1.82) is 0 Å². The van der Waals surface area contributed by atoms with Gasteiger partial charge in [-0.05, 0) is 39.7 Å². The van der Waals surface area contributed by atoms with Crippen molar-refractivity contribution in [3.63, 3.8) is 0 Å². The highest BCUT2D eigenvalue weighted by molar-refractivity contribution is 9.15. The lowest BCUT2D eigenvalue weighted by Gasteiger charge is -2.01. The molecule has 0 fully saturated rings. The molecule has 74 valence electrons. The zero-order valence-corrected chi connectivity index (χ0v) is 9.21. The van der Waals surface area contributed by atoms with Crippen molar-refractivity contribution in [1.82, 2.24) is 0 Å². The number of hydrogen-bond donors (Lipinski definition) is 0. The summed E-state index contributed by atoms with van der Waals surface area (Å²) in [5.74, 6) is 1.55. The minimum atomic E-state index is 0.296. The summed E-state index contributed by atoms with van der Waals surface area (Å²) in [5.41, 5.74) is 0.996. The molecule has 1 aliphatic rings. The van der Waals surface area contributed by atoms with Crippen LogP contribution in [0.2, 0.25) is 0 Å². The third-order valence-electron chi connectivity index (χ3n) is 1.87.